The van der Waals surface area contributed by atoms with Gasteiger partial charge in [0, 0.05) is 19.0 Å². The molecular weight excluding hydrogens is 393 g/mol. The molecule has 1 saturated heterocycles. The van der Waals surface area contributed by atoms with Crippen LogP contribution in [0.25, 0.3) is 11.0 Å². The number of hydrogen-bond donors (Lipinski definition) is 0. The summed E-state index contributed by atoms with van der Waals surface area (Å²) in [4.78, 5) is 25.9. The van der Waals surface area contributed by atoms with Gasteiger partial charge in [-0.05, 0) is 49.1 Å². The molecule has 28 heavy (non-hydrogen) atoms. The van der Waals surface area contributed by atoms with Gasteiger partial charge in [0.2, 0.25) is 5.91 Å². The van der Waals surface area contributed by atoms with Gasteiger partial charge < -0.3 is 4.90 Å². The first kappa shape index (κ1) is 18.6. The smallest absolute Gasteiger partial charge is 0.235 e. The number of piperidine rings is 1. The Labute approximate surface area is 175 Å². The van der Waals surface area contributed by atoms with Crippen molar-refractivity contribution < 1.29 is 4.79 Å². The molecule has 0 spiro atoms. The van der Waals surface area contributed by atoms with E-state index >= 15 is 0 Å². The first-order valence-corrected chi connectivity index (χ1v) is 11.0. The average Bonchev–Trinajstić information content (AvgIpc) is 3.03. The molecule has 2 fully saturated rings. The summed E-state index contributed by atoms with van der Waals surface area (Å²) in [5.74, 6) is 1.19. The molecule has 3 aliphatic rings. The molecule has 2 bridgehead atoms. The molecular formula is C22H25Cl2N3O. The van der Waals surface area contributed by atoms with Gasteiger partial charge in [-0.2, -0.15) is 0 Å². The van der Waals surface area contributed by atoms with Crippen LogP contribution in [-0.4, -0.2) is 33.9 Å². The van der Waals surface area contributed by atoms with Crippen LogP contribution in [0.1, 0.15) is 63.8 Å². The summed E-state index contributed by atoms with van der Waals surface area (Å²) in [6, 6.07) is 3.55. The molecule has 1 aromatic carbocycles. The predicted molar refractivity (Wildman–Crippen MR) is 112 cm³/mol. The second-order valence-corrected chi connectivity index (χ2v) is 10.2. The highest BCUT2D eigenvalue weighted by atomic mass is 35.5. The van der Waals surface area contributed by atoms with E-state index in [0.717, 1.165) is 61.2 Å². The fraction of sp³-hybridized carbons (Fsp3) is 0.591. The minimum absolute atomic E-state index is 0.194. The Bertz CT molecular complexity index is 997. The summed E-state index contributed by atoms with van der Waals surface area (Å²) >= 11 is 12.4. The molecule has 2 unspecified atom stereocenters. The number of halogens is 2. The Morgan fingerprint density at radius 2 is 1.68 bits per heavy atom. The van der Waals surface area contributed by atoms with Gasteiger partial charge >= 0.3 is 0 Å². The normalized spacial score (nSPS) is 28.8. The topological polar surface area (TPSA) is 46.1 Å². The standard InChI is InChI=1S/C22H25Cl2N3O/c1-12-5-8-27(9-6-12)20(28)22-7-4-13(21(22,2)3)18-19(22)26-17-11-15(24)14(23)10-16(17)25-18/h10-13H,4-9H2,1-3H3. The number of likely N-dealkylation sites (tertiary alicyclic amines) is 1. The van der Waals surface area contributed by atoms with Crippen LogP contribution in [0.4, 0.5) is 0 Å². The predicted octanol–water partition coefficient (Wildman–Crippen LogP) is 5.35. The Morgan fingerprint density at radius 3 is 2.32 bits per heavy atom. The summed E-state index contributed by atoms with van der Waals surface area (Å²) in [6.45, 7) is 8.42. The summed E-state index contributed by atoms with van der Waals surface area (Å²) in [5.41, 5.74) is 2.56. The molecule has 5 rings (SSSR count). The van der Waals surface area contributed by atoms with E-state index in [-0.39, 0.29) is 17.2 Å². The molecule has 1 aliphatic heterocycles. The van der Waals surface area contributed by atoms with E-state index < -0.39 is 5.41 Å². The summed E-state index contributed by atoms with van der Waals surface area (Å²) in [5, 5.41) is 0.954. The number of benzene rings is 1. The van der Waals surface area contributed by atoms with Crippen molar-refractivity contribution in [1.29, 1.82) is 0 Å². The van der Waals surface area contributed by atoms with Crippen LogP contribution in [0.3, 0.4) is 0 Å². The molecule has 2 aromatic rings. The highest BCUT2D eigenvalue weighted by molar-refractivity contribution is 6.42. The van der Waals surface area contributed by atoms with Gasteiger partial charge in [0.1, 0.15) is 0 Å². The largest absolute Gasteiger partial charge is 0.342 e. The maximum absolute atomic E-state index is 13.9. The van der Waals surface area contributed by atoms with Crippen molar-refractivity contribution in [2.45, 2.75) is 57.8 Å². The Hall–Kier alpha value is -1.39. The van der Waals surface area contributed by atoms with E-state index in [1.165, 1.54) is 0 Å². The Balaban J connectivity index is 1.67. The lowest BCUT2D eigenvalue weighted by molar-refractivity contribution is -0.142. The van der Waals surface area contributed by atoms with Gasteiger partial charge in [-0.1, -0.05) is 44.0 Å². The van der Waals surface area contributed by atoms with Gasteiger partial charge in [0.05, 0.1) is 37.9 Å². The molecule has 1 aromatic heterocycles. The fourth-order valence-electron chi connectivity index (χ4n) is 5.83. The highest BCUT2D eigenvalue weighted by Gasteiger charge is 2.68. The van der Waals surface area contributed by atoms with Crippen molar-refractivity contribution in [3.05, 3.63) is 33.6 Å². The van der Waals surface area contributed by atoms with Crippen molar-refractivity contribution in [2.24, 2.45) is 11.3 Å². The maximum atomic E-state index is 13.9. The number of aromatic nitrogens is 2. The number of carbonyl (C=O) groups is 1. The van der Waals surface area contributed by atoms with E-state index in [9.17, 15) is 4.79 Å². The lowest BCUT2D eigenvalue weighted by Crippen LogP contribution is -2.53. The first-order chi connectivity index (χ1) is 13.3. The molecule has 2 aliphatic carbocycles. The minimum Gasteiger partial charge on any atom is -0.342 e. The molecule has 2 heterocycles. The number of carbonyl (C=O) groups excluding carboxylic acids is 1. The number of rotatable bonds is 1. The fourth-order valence-corrected chi connectivity index (χ4v) is 6.15. The van der Waals surface area contributed by atoms with Crippen molar-refractivity contribution >= 4 is 40.1 Å². The lowest BCUT2D eigenvalue weighted by Gasteiger charge is -2.42. The van der Waals surface area contributed by atoms with Gasteiger partial charge in [-0.15, -0.1) is 0 Å². The van der Waals surface area contributed by atoms with Crippen molar-refractivity contribution in [3.63, 3.8) is 0 Å². The van der Waals surface area contributed by atoms with Gasteiger partial charge in [0.15, 0.2) is 0 Å². The Morgan fingerprint density at radius 1 is 1.07 bits per heavy atom. The zero-order valence-corrected chi connectivity index (χ0v) is 18.1. The van der Waals surface area contributed by atoms with Crippen LogP contribution in [0.2, 0.25) is 10.0 Å². The highest BCUT2D eigenvalue weighted by Crippen LogP contribution is 2.67. The van der Waals surface area contributed by atoms with Crippen LogP contribution in [0.15, 0.2) is 12.1 Å². The molecule has 2 atom stereocenters. The van der Waals surface area contributed by atoms with Crippen LogP contribution < -0.4 is 0 Å². The third kappa shape index (κ3) is 2.28. The molecule has 0 N–H and O–H groups in total. The second-order valence-electron chi connectivity index (χ2n) is 9.41. The van der Waals surface area contributed by atoms with E-state index in [1.54, 1.807) is 12.1 Å². The first-order valence-electron chi connectivity index (χ1n) is 10.2. The van der Waals surface area contributed by atoms with Crippen molar-refractivity contribution in [3.8, 4) is 0 Å². The third-order valence-corrected chi connectivity index (χ3v) is 8.40. The number of hydrogen-bond acceptors (Lipinski definition) is 3. The van der Waals surface area contributed by atoms with Crippen molar-refractivity contribution in [1.82, 2.24) is 14.9 Å². The van der Waals surface area contributed by atoms with Crippen LogP contribution in [0.5, 0.6) is 0 Å². The third-order valence-electron chi connectivity index (χ3n) is 7.68. The Kier molecular flexibility index (Phi) is 4.03. The number of fused-ring (bicyclic) bond motifs is 6. The zero-order valence-electron chi connectivity index (χ0n) is 16.6. The van der Waals surface area contributed by atoms with E-state index in [4.69, 9.17) is 33.2 Å². The summed E-state index contributed by atoms with van der Waals surface area (Å²) in [6.07, 6.45) is 3.99. The quantitative estimate of drug-likeness (QED) is 0.627. The van der Waals surface area contributed by atoms with Crippen molar-refractivity contribution in [2.75, 3.05) is 13.1 Å². The van der Waals surface area contributed by atoms with E-state index in [0.29, 0.717) is 16.0 Å². The molecule has 0 radical (unpaired) electrons. The average molecular weight is 418 g/mol. The summed E-state index contributed by atoms with van der Waals surface area (Å²) < 4.78 is 0. The zero-order chi connectivity index (χ0) is 19.8. The second kappa shape index (κ2) is 6.06. The lowest BCUT2D eigenvalue weighted by atomic mass is 9.67. The molecule has 1 amide bonds. The van der Waals surface area contributed by atoms with Crippen LogP contribution in [0, 0.1) is 11.3 Å². The van der Waals surface area contributed by atoms with Gasteiger partial charge in [0.25, 0.3) is 0 Å². The van der Waals surface area contributed by atoms with Crippen LogP contribution in [-0.2, 0) is 10.2 Å². The molecule has 148 valence electrons. The SMILES string of the molecule is CC1CCN(C(=O)C23CCC(c4nc5cc(Cl)c(Cl)cc5nc42)C3(C)C)CC1. The molecule has 4 nitrogen and oxygen atoms in total. The molecule has 1 saturated carbocycles. The summed E-state index contributed by atoms with van der Waals surface area (Å²) in [7, 11) is 0. The monoisotopic (exact) mass is 417 g/mol. The number of nitrogens with zero attached hydrogens (tertiary/aromatic N) is 3. The van der Waals surface area contributed by atoms with Gasteiger partial charge in [-0.25, -0.2) is 9.97 Å². The van der Waals surface area contributed by atoms with E-state index in [1.807, 2.05) is 0 Å². The number of amides is 1. The molecule has 6 heteroatoms. The van der Waals surface area contributed by atoms with E-state index in [2.05, 4.69) is 25.7 Å². The maximum Gasteiger partial charge on any atom is 0.235 e. The van der Waals surface area contributed by atoms with Gasteiger partial charge in [-0.3, -0.25) is 4.79 Å². The van der Waals surface area contributed by atoms with Crippen LogP contribution >= 0.6 is 23.2 Å². The minimum atomic E-state index is -0.582.